The molecule has 0 aliphatic carbocycles. The summed E-state index contributed by atoms with van der Waals surface area (Å²) in [5, 5.41) is 13.9. The number of thioether (sulfide) groups is 1. The highest BCUT2D eigenvalue weighted by Crippen LogP contribution is 2.34. The average Bonchev–Trinajstić information content (AvgIpc) is 3.26. The number of amides is 1. The fourth-order valence-electron chi connectivity index (χ4n) is 4.50. The number of unbranched alkanes of at least 4 members (excludes halogenated alkanes) is 1. The zero-order valence-electron chi connectivity index (χ0n) is 19.7. The predicted molar refractivity (Wildman–Crippen MR) is 142 cm³/mol. The summed E-state index contributed by atoms with van der Waals surface area (Å²) in [6.45, 7) is 4.25. The first kappa shape index (κ1) is 22.9. The molecule has 174 valence electrons. The number of imidazole rings is 1. The number of hydrogen-bond donors (Lipinski definition) is 1. The molecule has 35 heavy (non-hydrogen) atoms. The number of carbonyl (C=O) groups excluding carboxylic acids is 1. The van der Waals surface area contributed by atoms with Crippen molar-refractivity contribution in [2.75, 3.05) is 5.75 Å². The molecule has 0 spiro atoms. The van der Waals surface area contributed by atoms with E-state index in [-0.39, 0.29) is 5.24 Å². The Morgan fingerprint density at radius 3 is 2.63 bits per heavy atom. The van der Waals surface area contributed by atoms with Crippen molar-refractivity contribution in [3.63, 3.8) is 0 Å². The van der Waals surface area contributed by atoms with Crippen molar-refractivity contribution < 1.29 is 4.79 Å². The van der Waals surface area contributed by atoms with E-state index in [2.05, 4.69) is 59.3 Å². The number of carbonyl (C=O) groups is 1. The highest BCUT2D eigenvalue weighted by Gasteiger charge is 2.21. The number of benzene rings is 3. The standard InChI is InChI=1S/C28H25N5OS/c1-3-4-13-26-30-27-18(2)14-20(23-17-35-28(34)32-31-23)15-25(27)33(26)24-12-8-7-11-22(24)21-10-6-5-9-19(21)16-29/h5-12,14-15H,3-4,13,17H2,1-2H3,(H,32,34). The zero-order chi connectivity index (χ0) is 24.4. The molecule has 1 amide bonds. The predicted octanol–water partition coefficient (Wildman–Crippen LogP) is 6.38. The maximum absolute atomic E-state index is 11.6. The van der Waals surface area contributed by atoms with Gasteiger partial charge < -0.3 is 0 Å². The normalized spacial score (nSPS) is 13.4. The Morgan fingerprint density at radius 2 is 1.89 bits per heavy atom. The van der Waals surface area contributed by atoms with E-state index in [1.54, 1.807) is 0 Å². The molecule has 1 aromatic heterocycles. The summed E-state index contributed by atoms with van der Waals surface area (Å²) in [6.07, 6.45) is 2.95. The maximum atomic E-state index is 11.6. The average molecular weight is 480 g/mol. The number of hydrazone groups is 1. The topological polar surface area (TPSA) is 83.1 Å². The van der Waals surface area contributed by atoms with E-state index in [0.717, 1.165) is 69.8 Å². The fraction of sp³-hybridized carbons (Fsp3) is 0.214. The van der Waals surface area contributed by atoms with Gasteiger partial charge in [-0.05, 0) is 43.2 Å². The first-order valence-corrected chi connectivity index (χ1v) is 12.7. The van der Waals surface area contributed by atoms with Crippen molar-refractivity contribution in [2.24, 2.45) is 5.10 Å². The van der Waals surface area contributed by atoms with Crippen LogP contribution in [-0.4, -0.2) is 26.3 Å². The van der Waals surface area contributed by atoms with Gasteiger partial charge in [0, 0.05) is 28.9 Å². The van der Waals surface area contributed by atoms with Gasteiger partial charge in [0.1, 0.15) is 5.82 Å². The SMILES string of the molecule is CCCCc1nc2c(C)cc(C3=NNC(=O)SC3)cc2n1-c1ccccc1-c1ccccc1C#N. The van der Waals surface area contributed by atoms with Crippen LogP contribution in [0.4, 0.5) is 4.79 Å². The van der Waals surface area contributed by atoms with Crippen molar-refractivity contribution in [1.29, 1.82) is 5.26 Å². The molecule has 5 rings (SSSR count). The maximum Gasteiger partial charge on any atom is 0.299 e. The van der Waals surface area contributed by atoms with Gasteiger partial charge in [-0.25, -0.2) is 10.4 Å². The molecule has 2 heterocycles. The van der Waals surface area contributed by atoms with Gasteiger partial charge in [-0.1, -0.05) is 61.5 Å². The Balaban J connectivity index is 1.77. The molecular formula is C28H25N5OS. The van der Waals surface area contributed by atoms with Gasteiger partial charge in [-0.3, -0.25) is 9.36 Å². The quantitative estimate of drug-likeness (QED) is 0.348. The highest BCUT2D eigenvalue weighted by atomic mass is 32.2. The van der Waals surface area contributed by atoms with Crippen LogP contribution in [0.25, 0.3) is 27.8 Å². The third-order valence-corrected chi connectivity index (χ3v) is 6.98. The summed E-state index contributed by atoms with van der Waals surface area (Å²) in [4.78, 5) is 16.7. The number of rotatable bonds is 6. The van der Waals surface area contributed by atoms with Crippen LogP contribution in [0.5, 0.6) is 0 Å². The fourth-order valence-corrected chi connectivity index (χ4v) is 5.11. The Labute approximate surface area is 208 Å². The first-order chi connectivity index (χ1) is 17.1. The van der Waals surface area contributed by atoms with Gasteiger partial charge in [0.2, 0.25) is 0 Å². The van der Waals surface area contributed by atoms with Gasteiger partial charge in [0.15, 0.2) is 0 Å². The number of fused-ring (bicyclic) bond motifs is 1. The Hall–Kier alpha value is -3.89. The second-order valence-electron chi connectivity index (χ2n) is 8.55. The molecule has 7 heteroatoms. The minimum absolute atomic E-state index is 0.136. The van der Waals surface area contributed by atoms with Crippen LogP contribution < -0.4 is 5.43 Å². The molecule has 4 aromatic rings. The summed E-state index contributed by atoms with van der Waals surface area (Å²) < 4.78 is 2.24. The summed E-state index contributed by atoms with van der Waals surface area (Å²) in [6, 6.07) is 22.4. The number of para-hydroxylation sites is 1. The molecule has 0 bridgehead atoms. The second kappa shape index (κ2) is 9.77. The van der Waals surface area contributed by atoms with Crippen molar-refractivity contribution in [3.05, 3.63) is 83.2 Å². The van der Waals surface area contributed by atoms with Crippen molar-refractivity contribution in [1.82, 2.24) is 15.0 Å². The number of aryl methyl sites for hydroxylation is 2. The molecule has 0 unspecified atom stereocenters. The second-order valence-corrected chi connectivity index (χ2v) is 9.50. The van der Waals surface area contributed by atoms with Gasteiger partial charge >= 0.3 is 0 Å². The summed E-state index contributed by atoms with van der Waals surface area (Å²) >= 11 is 1.22. The largest absolute Gasteiger partial charge is 0.299 e. The third kappa shape index (κ3) is 4.33. The molecule has 0 saturated heterocycles. The van der Waals surface area contributed by atoms with Gasteiger partial charge in [0.05, 0.1) is 34.1 Å². The van der Waals surface area contributed by atoms with Gasteiger partial charge in [0.25, 0.3) is 5.24 Å². The van der Waals surface area contributed by atoms with Gasteiger partial charge in [-0.2, -0.15) is 10.4 Å². The van der Waals surface area contributed by atoms with Crippen molar-refractivity contribution in [2.45, 2.75) is 33.1 Å². The number of nitriles is 1. The molecular weight excluding hydrogens is 454 g/mol. The lowest BCUT2D eigenvalue weighted by Gasteiger charge is -2.16. The van der Waals surface area contributed by atoms with Crippen LogP contribution in [-0.2, 0) is 6.42 Å². The van der Waals surface area contributed by atoms with E-state index >= 15 is 0 Å². The molecule has 6 nitrogen and oxygen atoms in total. The van der Waals surface area contributed by atoms with Crippen LogP contribution in [0.15, 0.2) is 65.8 Å². The molecule has 0 atom stereocenters. The Kier molecular flexibility index (Phi) is 6.39. The minimum Gasteiger partial charge on any atom is -0.296 e. The summed E-state index contributed by atoms with van der Waals surface area (Å²) in [5.41, 5.74) is 10.9. The summed E-state index contributed by atoms with van der Waals surface area (Å²) in [5.74, 6) is 1.52. The molecule has 1 aliphatic rings. The van der Waals surface area contributed by atoms with Crippen LogP contribution in [0.2, 0.25) is 0 Å². The van der Waals surface area contributed by atoms with Gasteiger partial charge in [-0.15, -0.1) is 0 Å². The van der Waals surface area contributed by atoms with Crippen molar-refractivity contribution >= 4 is 33.7 Å². The third-order valence-electron chi connectivity index (χ3n) is 6.21. The van der Waals surface area contributed by atoms with E-state index in [1.807, 2.05) is 36.4 Å². The molecule has 0 radical (unpaired) electrons. The number of hydrogen-bond acceptors (Lipinski definition) is 5. The lowest BCUT2D eigenvalue weighted by Crippen LogP contribution is -2.23. The van der Waals surface area contributed by atoms with Crippen LogP contribution in [0, 0.1) is 18.3 Å². The molecule has 1 aliphatic heterocycles. The molecule has 0 saturated carbocycles. The van der Waals surface area contributed by atoms with Crippen LogP contribution >= 0.6 is 11.8 Å². The lowest BCUT2D eigenvalue weighted by atomic mass is 9.98. The van der Waals surface area contributed by atoms with Crippen LogP contribution in [0.3, 0.4) is 0 Å². The lowest BCUT2D eigenvalue weighted by molar-refractivity contribution is 0.261. The highest BCUT2D eigenvalue weighted by molar-refractivity contribution is 8.14. The molecule has 1 N–H and O–H groups in total. The van der Waals surface area contributed by atoms with E-state index < -0.39 is 0 Å². The number of nitrogens with one attached hydrogen (secondary N) is 1. The van der Waals surface area contributed by atoms with E-state index in [4.69, 9.17) is 4.98 Å². The van der Waals surface area contributed by atoms with Crippen molar-refractivity contribution in [3.8, 4) is 22.9 Å². The van der Waals surface area contributed by atoms with Crippen LogP contribution in [0.1, 0.15) is 42.3 Å². The van der Waals surface area contributed by atoms with E-state index in [0.29, 0.717) is 11.3 Å². The molecule has 3 aromatic carbocycles. The smallest absolute Gasteiger partial charge is 0.296 e. The minimum atomic E-state index is -0.136. The number of aromatic nitrogens is 2. The number of nitrogens with zero attached hydrogens (tertiary/aromatic N) is 4. The first-order valence-electron chi connectivity index (χ1n) is 11.7. The van der Waals surface area contributed by atoms with E-state index in [9.17, 15) is 10.1 Å². The Bertz CT molecular complexity index is 1510. The molecule has 0 fully saturated rings. The Morgan fingerprint density at radius 1 is 1.11 bits per heavy atom. The summed E-state index contributed by atoms with van der Waals surface area (Å²) in [7, 11) is 0. The monoisotopic (exact) mass is 479 g/mol. The van der Waals surface area contributed by atoms with E-state index in [1.165, 1.54) is 11.8 Å². The zero-order valence-corrected chi connectivity index (χ0v) is 20.5.